The lowest BCUT2D eigenvalue weighted by Crippen LogP contribution is -1.97. The van der Waals surface area contributed by atoms with Crippen LogP contribution >= 0.6 is 23.2 Å². The predicted octanol–water partition coefficient (Wildman–Crippen LogP) is 2.03. The van der Waals surface area contributed by atoms with Crippen LogP contribution < -0.4 is 11.5 Å². The maximum absolute atomic E-state index is 5.73. The van der Waals surface area contributed by atoms with Gasteiger partial charge in [0, 0.05) is 6.54 Å². The quantitative estimate of drug-likeness (QED) is 0.667. The van der Waals surface area contributed by atoms with Crippen molar-refractivity contribution < 1.29 is 0 Å². The molecule has 0 spiro atoms. The van der Waals surface area contributed by atoms with Crippen LogP contribution in [0.15, 0.2) is 12.1 Å². The van der Waals surface area contributed by atoms with Gasteiger partial charge in [0.2, 0.25) is 0 Å². The van der Waals surface area contributed by atoms with Crippen LogP contribution in [0.3, 0.4) is 0 Å². The summed E-state index contributed by atoms with van der Waals surface area (Å²) in [5.41, 5.74) is 12.2. The summed E-state index contributed by atoms with van der Waals surface area (Å²) < 4.78 is 0. The highest BCUT2D eigenvalue weighted by Crippen LogP contribution is 2.28. The fraction of sp³-hybridized carbons (Fsp3) is 0.143. The lowest BCUT2D eigenvalue weighted by atomic mass is 10.2. The summed E-state index contributed by atoms with van der Waals surface area (Å²) in [5, 5.41) is 0.913. The zero-order valence-corrected chi connectivity index (χ0v) is 7.28. The van der Waals surface area contributed by atoms with Crippen LogP contribution in [0.5, 0.6) is 0 Å². The number of benzene rings is 1. The Kier molecular flexibility index (Phi) is 2.60. The second kappa shape index (κ2) is 3.30. The summed E-state index contributed by atoms with van der Waals surface area (Å²) in [4.78, 5) is 0. The van der Waals surface area contributed by atoms with E-state index in [4.69, 9.17) is 34.7 Å². The second-order valence-corrected chi connectivity index (χ2v) is 2.99. The molecule has 0 aliphatic heterocycles. The first-order chi connectivity index (χ1) is 5.15. The van der Waals surface area contributed by atoms with Crippen molar-refractivity contribution in [3.8, 4) is 0 Å². The average Bonchev–Trinajstić information content (AvgIpc) is 1.99. The SMILES string of the molecule is NCc1cc(Cl)c(N)c(Cl)c1. The molecule has 1 aromatic rings. The summed E-state index contributed by atoms with van der Waals surface area (Å²) in [6.45, 7) is 0.416. The first-order valence-electron chi connectivity index (χ1n) is 3.08. The van der Waals surface area contributed by atoms with Crippen molar-refractivity contribution in [1.29, 1.82) is 0 Å². The average molecular weight is 191 g/mol. The molecule has 60 valence electrons. The largest absolute Gasteiger partial charge is 0.396 e. The Morgan fingerprint density at radius 1 is 1.18 bits per heavy atom. The van der Waals surface area contributed by atoms with Crippen molar-refractivity contribution in [2.75, 3.05) is 5.73 Å². The minimum absolute atomic E-state index is 0.408. The van der Waals surface area contributed by atoms with Crippen LogP contribution in [0.2, 0.25) is 10.0 Å². The third-order valence-electron chi connectivity index (χ3n) is 1.37. The third-order valence-corrected chi connectivity index (χ3v) is 2.00. The number of nitrogens with two attached hydrogens (primary N) is 2. The fourth-order valence-corrected chi connectivity index (χ4v) is 1.29. The van der Waals surface area contributed by atoms with Crippen LogP contribution in [0.25, 0.3) is 0 Å². The molecule has 0 radical (unpaired) electrons. The molecule has 4 N–H and O–H groups in total. The van der Waals surface area contributed by atoms with Crippen molar-refractivity contribution >= 4 is 28.9 Å². The van der Waals surface area contributed by atoms with E-state index in [0.717, 1.165) is 5.56 Å². The molecule has 0 bridgehead atoms. The van der Waals surface area contributed by atoms with Crippen LogP contribution in [-0.4, -0.2) is 0 Å². The van der Waals surface area contributed by atoms with Gasteiger partial charge in [0.05, 0.1) is 15.7 Å². The number of rotatable bonds is 1. The highest BCUT2D eigenvalue weighted by molar-refractivity contribution is 6.38. The van der Waals surface area contributed by atoms with E-state index in [1.165, 1.54) is 0 Å². The minimum Gasteiger partial charge on any atom is -0.396 e. The molecule has 11 heavy (non-hydrogen) atoms. The van der Waals surface area contributed by atoms with Crippen LogP contribution in [0.4, 0.5) is 5.69 Å². The van der Waals surface area contributed by atoms with Gasteiger partial charge >= 0.3 is 0 Å². The topological polar surface area (TPSA) is 52.0 Å². The second-order valence-electron chi connectivity index (χ2n) is 2.18. The summed E-state index contributed by atoms with van der Waals surface area (Å²) in [6, 6.07) is 3.42. The Balaban J connectivity index is 3.21. The first kappa shape index (κ1) is 8.65. The predicted molar refractivity (Wildman–Crippen MR) is 48.8 cm³/mol. The summed E-state index contributed by atoms with van der Waals surface area (Å²) >= 11 is 11.5. The molecule has 0 saturated heterocycles. The van der Waals surface area contributed by atoms with Crippen molar-refractivity contribution in [2.45, 2.75) is 6.54 Å². The van der Waals surface area contributed by atoms with Crippen LogP contribution in [-0.2, 0) is 6.54 Å². The Morgan fingerprint density at radius 2 is 1.64 bits per heavy atom. The lowest BCUT2D eigenvalue weighted by molar-refractivity contribution is 1.07. The Hall–Kier alpha value is -0.440. The van der Waals surface area contributed by atoms with Crippen molar-refractivity contribution in [1.82, 2.24) is 0 Å². The van der Waals surface area contributed by atoms with Gasteiger partial charge in [-0.1, -0.05) is 23.2 Å². The van der Waals surface area contributed by atoms with E-state index in [1.807, 2.05) is 0 Å². The Labute approximate surface area is 75.1 Å². The molecule has 2 nitrogen and oxygen atoms in total. The van der Waals surface area contributed by atoms with Crippen molar-refractivity contribution in [3.05, 3.63) is 27.7 Å². The number of hydrogen-bond acceptors (Lipinski definition) is 2. The fourth-order valence-electron chi connectivity index (χ4n) is 0.755. The van der Waals surface area contributed by atoms with Gasteiger partial charge in [0.25, 0.3) is 0 Å². The third kappa shape index (κ3) is 1.77. The van der Waals surface area contributed by atoms with Crippen LogP contribution in [0, 0.1) is 0 Å². The molecule has 0 fully saturated rings. The van der Waals surface area contributed by atoms with Gasteiger partial charge in [-0.2, -0.15) is 0 Å². The van der Waals surface area contributed by atoms with Gasteiger partial charge in [-0.25, -0.2) is 0 Å². The summed E-state index contributed by atoms with van der Waals surface area (Å²) in [6.07, 6.45) is 0. The molecular formula is C7H8Cl2N2. The highest BCUT2D eigenvalue weighted by Gasteiger charge is 2.02. The molecule has 0 amide bonds. The molecule has 0 aliphatic carbocycles. The molecule has 0 atom stereocenters. The van der Waals surface area contributed by atoms with Crippen LogP contribution in [0.1, 0.15) is 5.56 Å². The highest BCUT2D eigenvalue weighted by atomic mass is 35.5. The van der Waals surface area contributed by atoms with Gasteiger partial charge in [0.15, 0.2) is 0 Å². The minimum atomic E-state index is 0.408. The van der Waals surface area contributed by atoms with E-state index < -0.39 is 0 Å². The van der Waals surface area contributed by atoms with Crippen molar-refractivity contribution in [2.24, 2.45) is 5.73 Å². The van der Waals surface area contributed by atoms with Gasteiger partial charge in [-0.15, -0.1) is 0 Å². The molecule has 0 aliphatic rings. The molecule has 0 aromatic heterocycles. The van der Waals surface area contributed by atoms with E-state index >= 15 is 0 Å². The zero-order chi connectivity index (χ0) is 8.43. The number of halogens is 2. The molecule has 0 saturated carbocycles. The maximum Gasteiger partial charge on any atom is 0.0693 e. The first-order valence-corrected chi connectivity index (χ1v) is 3.84. The maximum atomic E-state index is 5.73. The van der Waals surface area contributed by atoms with Crippen molar-refractivity contribution in [3.63, 3.8) is 0 Å². The summed E-state index contributed by atoms with van der Waals surface area (Å²) in [5.74, 6) is 0. The number of anilines is 1. The van der Waals surface area contributed by atoms with Gasteiger partial charge < -0.3 is 11.5 Å². The molecule has 4 heteroatoms. The number of hydrogen-bond donors (Lipinski definition) is 2. The standard InChI is InChI=1S/C7H8Cl2N2/c8-5-1-4(3-10)2-6(9)7(5)11/h1-2H,3,10-11H2. The number of nitrogen functional groups attached to an aromatic ring is 1. The van der Waals surface area contributed by atoms with E-state index in [-0.39, 0.29) is 0 Å². The zero-order valence-electron chi connectivity index (χ0n) is 5.77. The van der Waals surface area contributed by atoms with E-state index in [2.05, 4.69) is 0 Å². The molecule has 1 rings (SSSR count). The van der Waals surface area contributed by atoms with E-state index in [0.29, 0.717) is 22.3 Å². The smallest absolute Gasteiger partial charge is 0.0693 e. The summed E-state index contributed by atoms with van der Waals surface area (Å²) in [7, 11) is 0. The van der Waals surface area contributed by atoms with E-state index in [1.54, 1.807) is 12.1 Å². The van der Waals surface area contributed by atoms with Gasteiger partial charge in [-0.05, 0) is 17.7 Å². The molecule has 1 aromatic carbocycles. The van der Waals surface area contributed by atoms with Gasteiger partial charge in [0.1, 0.15) is 0 Å². The monoisotopic (exact) mass is 190 g/mol. The van der Waals surface area contributed by atoms with E-state index in [9.17, 15) is 0 Å². The molecule has 0 unspecified atom stereocenters. The lowest BCUT2D eigenvalue weighted by Gasteiger charge is -2.03. The normalized spacial score (nSPS) is 10.1. The molecular weight excluding hydrogens is 183 g/mol. The molecule has 0 heterocycles. The van der Waals surface area contributed by atoms with Gasteiger partial charge in [-0.3, -0.25) is 0 Å². The Morgan fingerprint density at radius 3 is 2.00 bits per heavy atom. The Bertz CT molecular complexity index is 250.